The number of nitrogens with one attached hydrogen (secondary N) is 3. The van der Waals surface area contributed by atoms with E-state index in [9.17, 15) is 24.0 Å². The molecular weight excluding hydrogens is 516 g/mol. The molecule has 4 atom stereocenters. The van der Waals surface area contributed by atoms with Gasteiger partial charge in [-0.15, -0.1) is 0 Å². The first-order valence-corrected chi connectivity index (χ1v) is 15.2. The molecule has 1 rings (SSSR count). The van der Waals surface area contributed by atoms with Gasteiger partial charge in [0.05, 0.1) is 6.04 Å². The molecule has 0 aromatic heterocycles. The summed E-state index contributed by atoms with van der Waals surface area (Å²) in [6.45, 7) is 12.7. The predicted octanol–water partition coefficient (Wildman–Crippen LogP) is 2.55. The van der Waals surface area contributed by atoms with Crippen molar-refractivity contribution < 1.29 is 28.7 Å². The lowest BCUT2D eigenvalue weighted by Gasteiger charge is -2.32. The first-order chi connectivity index (χ1) is 17.2. The summed E-state index contributed by atoms with van der Waals surface area (Å²) in [4.78, 5) is 65.6. The molecule has 212 valence electrons. The molecule has 1 aliphatic rings. The normalized spacial score (nSPS) is 18.1. The predicted molar refractivity (Wildman–Crippen MR) is 148 cm³/mol. The molecule has 0 aromatic rings. The van der Waals surface area contributed by atoms with Crippen LogP contribution < -0.4 is 16.0 Å². The maximum absolute atomic E-state index is 13.5. The Bertz CT molecular complexity index is 817. The largest absolute Gasteiger partial charge is 0.444 e. The third-order valence-electron chi connectivity index (χ3n) is 5.69. The standard InChI is InChI=1S/C25H44N4O6S2/c1-9-37-23(33)16(4)26-21(31)18-11-10-13-29(18)22(32)19(15(2)3)28-20(30)17(12-14-36-8)27-24(34)35-25(5,6)7/h15-19H,9-14H2,1-8H3,(H,26,31)(H,27,34)(H,28,30)/t16?,17-,18-,19-/m0/s1. The Balaban J connectivity index is 2.97. The van der Waals surface area contributed by atoms with E-state index >= 15 is 0 Å². The van der Waals surface area contributed by atoms with Crippen LogP contribution >= 0.6 is 23.5 Å². The highest BCUT2D eigenvalue weighted by Crippen LogP contribution is 2.21. The lowest BCUT2D eigenvalue weighted by molar-refractivity contribution is -0.143. The minimum absolute atomic E-state index is 0.132. The number of thioether (sulfide) groups is 2. The zero-order chi connectivity index (χ0) is 28.3. The number of carbonyl (C=O) groups is 5. The van der Waals surface area contributed by atoms with Gasteiger partial charge in [-0.25, -0.2) is 4.79 Å². The van der Waals surface area contributed by atoms with Crippen LogP contribution in [0.1, 0.15) is 67.7 Å². The van der Waals surface area contributed by atoms with E-state index in [2.05, 4.69) is 16.0 Å². The van der Waals surface area contributed by atoms with Crippen molar-refractivity contribution in [3.63, 3.8) is 0 Å². The molecule has 0 radical (unpaired) electrons. The smallest absolute Gasteiger partial charge is 0.408 e. The molecule has 0 aliphatic carbocycles. The number of hydrogen-bond acceptors (Lipinski definition) is 8. The minimum Gasteiger partial charge on any atom is -0.444 e. The summed E-state index contributed by atoms with van der Waals surface area (Å²) in [5.41, 5.74) is -0.719. The first-order valence-electron chi connectivity index (χ1n) is 12.8. The van der Waals surface area contributed by atoms with Crippen LogP contribution in [0.3, 0.4) is 0 Å². The zero-order valence-electron chi connectivity index (χ0n) is 23.3. The Morgan fingerprint density at radius 3 is 2.24 bits per heavy atom. The van der Waals surface area contributed by atoms with E-state index in [1.807, 2.05) is 27.0 Å². The molecule has 12 heteroatoms. The molecule has 0 aromatic carbocycles. The zero-order valence-corrected chi connectivity index (χ0v) is 25.0. The molecule has 0 bridgehead atoms. The van der Waals surface area contributed by atoms with Crippen molar-refractivity contribution in [3.05, 3.63) is 0 Å². The lowest BCUT2D eigenvalue weighted by Crippen LogP contribution is -2.58. The topological polar surface area (TPSA) is 134 Å². The number of nitrogens with zero attached hydrogens (tertiary/aromatic N) is 1. The summed E-state index contributed by atoms with van der Waals surface area (Å²) < 4.78 is 5.30. The van der Waals surface area contributed by atoms with Crippen molar-refractivity contribution in [2.75, 3.05) is 24.3 Å². The number of hydrogen-bond donors (Lipinski definition) is 3. The van der Waals surface area contributed by atoms with Crippen molar-refractivity contribution in [2.45, 2.75) is 97.5 Å². The van der Waals surface area contributed by atoms with Crippen molar-refractivity contribution >= 4 is 52.5 Å². The van der Waals surface area contributed by atoms with E-state index in [-0.39, 0.29) is 22.8 Å². The molecule has 1 aliphatic heterocycles. The van der Waals surface area contributed by atoms with Gasteiger partial charge in [0.2, 0.25) is 22.8 Å². The van der Waals surface area contributed by atoms with Crippen molar-refractivity contribution in [2.24, 2.45) is 5.92 Å². The van der Waals surface area contributed by atoms with E-state index in [0.29, 0.717) is 37.3 Å². The van der Waals surface area contributed by atoms with Crippen LogP contribution in [0.25, 0.3) is 0 Å². The fourth-order valence-corrected chi connectivity index (χ4v) is 4.90. The van der Waals surface area contributed by atoms with Gasteiger partial charge < -0.3 is 25.6 Å². The van der Waals surface area contributed by atoms with Gasteiger partial charge in [0.15, 0.2) is 0 Å². The number of alkyl carbamates (subject to hydrolysis) is 1. The monoisotopic (exact) mass is 560 g/mol. The molecule has 0 spiro atoms. The van der Waals surface area contributed by atoms with Crippen molar-refractivity contribution in [3.8, 4) is 0 Å². The van der Waals surface area contributed by atoms with Gasteiger partial charge >= 0.3 is 6.09 Å². The van der Waals surface area contributed by atoms with Crippen LogP contribution in [-0.4, -0.2) is 87.9 Å². The average Bonchev–Trinajstić information content (AvgIpc) is 3.28. The second-order valence-corrected chi connectivity index (χ2v) is 12.6. The van der Waals surface area contributed by atoms with Crippen LogP contribution in [0.2, 0.25) is 0 Å². The molecule has 4 amide bonds. The molecule has 0 saturated carbocycles. The fourth-order valence-electron chi connectivity index (χ4n) is 3.84. The molecule has 1 fully saturated rings. The van der Waals surface area contributed by atoms with E-state index in [1.165, 1.54) is 16.7 Å². The maximum atomic E-state index is 13.5. The number of likely N-dealkylation sites (tertiary alicyclic amines) is 1. The quantitative estimate of drug-likeness (QED) is 0.332. The highest BCUT2D eigenvalue weighted by Gasteiger charge is 2.40. The van der Waals surface area contributed by atoms with Gasteiger partial charge in [-0.05, 0) is 70.6 Å². The van der Waals surface area contributed by atoms with Gasteiger partial charge in [-0.3, -0.25) is 19.2 Å². The molecule has 37 heavy (non-hydrogen) atoms. The van der Waals surface area contributed by atoms with E-state index in [4.69, 9.17) is 4.74 Å². The van der Waals surface area contributed by atoms with Gasteiger partial charge in [0.25, 0.3) is 0 Å². The van der Waals surface area contributed by atoms with Gasteiger partial charge in [0, 0.05) is 6.54 Å². The molecule has 10 nitrogen and oxygen atoms in total. The lowest BCUT2D eigenvalue weighted by atomic mass is 10.0. The Hall–Kier alpha value is -1.95. The van der Waals surface area contributed by atoms with Gasteiger partial charge in [0.1, 0.15) is 23.7 Å². The Kier molecular flexibility index (Phi) is 13.8. The summed E-state index contributed by atoms with van der Waals surface area (Å²) >= 11 is 2.68. The second-order valence-electron chi connectivity index (χ2n) is 10.4. The van der Waals surface area contributed by atoms with Gasteiger partial charge in [-0.1, -0.05) is 32.5 Å². The van der Waals surface area contributed by atoms with Crippen molar-refractivity contribution in [1.29, 1.82) is 0 Å². The van der Waals surface area contributed by atoms with Gasteiger partial charge in [-0.2, -0.15) is 11.8 Å². The Labute approximate surface area is 229 Å². The average molecular weight is 561 g/mol. The second kappa shape index (κ2) is 15.5. The fraction of sp³-hybridized carbons (Fsp3) is 0.800. The summed E-state index contributed by atoms with van der Waals surface area (Å²) in [5.74, 6) is -0.238. The van der Waals surface area contributed by atoms with E-state index < -0.39 is 41.8 Å². The van der Waals surface area contributed by atoms with Crippen LogP contribution in [0.5, 0.6) is 0 Å². The Morgan fingerprint density at radius 1 is 1.05 bits per heavy atom. The molecule has 1 saturated heterocycles. The molecular formula is C25H44N4O6S2. The SMILES string of the molecule is CCSC(=O)C(C)NC(=O)[C@@H]1CCCN1C(=O)[C@@H](NC(=O)[C@H](CCSC)NC(=O)OC(C)(C)C)C(C)C. The number of carbonyl (C=O) groups excluding carboxylic acids is 5. The number of rotatable bonds is 12. The minimum atomic E-state index is -0.882. The third-order valence-corrected chi connectivity index (χ3v) is 7.26. The Morgan fingerprint density at radius 2 is 1.70 bits per heavy atom. The van der Waals surface area contributed by atoms with E-state index in [0.717, 1.165) is 11.8 Å². The van der Waals surface area contributed by atoms with Crippen LogP contribution in [0.15, 0.2) is 0 Å². The maximum Gasteiger partial charge on any atom is 0.408 e. The van der Waals surface area contributed by atoms with E-state index in [1.54, 1.807) is 27.7 Å². The summed E-state index contributed by atoms with van der Waals surface area (Å²) in [7, 11) is 0. The van der Waals surface area contributed by atoms with Crippen LogP contribution in [0.4, 0.5) is 4.79 Å². The number of ether oxygens (including phenoxy) is 1. The first kappa shape index (κ1) is 33.1. The van der Waals surface area contributed by atoms with Crippen molar-refractivity contribution in [1.82, 2.24) is 20.9 Å². The summed E-state index contributed by atoms with van der Waals surface area (Å²) in [6, 6.07) is -3.13. The highest BCUT2D eigenvalue weighted by molar-refractivity contribution is 8.13. The summed E-state index contributed by atoms with van der Waals surface area (Å²) in [5, 5.41) is 8.02. The molecule has 1 heterocycles. The van der Waals surface area contributed by atoms with Crippen LogP contribution in [-0.2, 0) is 23.9 Å². The molecule has 1 unspecified atom stereocenters. The molecule has 3 N–H and O–H groups in total. The third kappa shape index (κ3) is 11.1. The van der Waals surface area contributed by atoms with Crippen LogP contribution in [0, 0.1) is 5.92 Å². The highest BCUT2D eigenvalue weighted by atomic mass is 32.2. The summed E-state index contributed by atoms with van der Waals surface area (Å²) in [6.07, 6.45) is 2.68. The number of amides is 4.